The van der Waals surface area contributed by atoms with Gasteiger partial charge in [0, 0.05) is 12.0 Å². The number of phosphoric acid groups is 1. The third kappa shape index (κ3) is 6.08. The predicted octanol–water partition coefficient (Wildman–Crippen LogP) is 1.50. The normalized spacial score (nSPS) is 23.6. The number of ether oxygens (including phenoxy) is 2. The van der Waals surface area contributed by atoms with Crippen LogP contribution in [0.15, 0.2) is 11.7 Å². The van der Waals surface area contributed by atoms with E-state index in [1.165, 1.54) is 18.8 Å². The monoisotopic (exact) mass is 436 g/mol. The summed E-state index contributed by atoms with van der Waals surface area (Å²) in [4.78, 5) is 39.2. The van der Waals surface area contributed by atoms with Crippen molar-refractivity contribution >= 4 is 37.0 Å². The molecule has 1 aliphatic rings. The molecule has 0 spiro atoms. The lowest BCUT2D eigenvalue weighted by molar-refractivity contribution is -0.144. The molecule has 11 nitrogen and oxygen atoms in total. The van der Waals surface area contributed by atoms with Crippen LogP contribution in [0.25, 0.3) is 0 Å². The summed E-state index contributed by atoms with van der Waals surface area (Å²) in [6.45, 7) is 2.61. The number of nitrogens with zero attached hydrogens (tertiary/aromatic N) is 1. The van der Waals surface area contributed by atoms with Crippen LogP contribution in [-0.4, -0.2) is 56.0 Å². The van der Waals surface area contributed by atoms with Gasteiger partial charge in [-0.15, -0.1) is 11.3 Å². The zero-order chi connectivity index (χ0) is 20.8. The Labute approximate surface area is 165 Å². The Morgan fingerprint density at radius 1 is 1.43 bits per heavy atom. The minimum absolute atomic E-state index is 0.0203. The van der Waals surface area contributed by atoms with E-state index in [9.17, 15) is 18.9 Å². The number of thiazole rings is 1. The van der Waals surface area contributed by atoms with Crippen LogP contribution in [0.4, 0.5) is 0 Å². The van der Waals surface area contributed by atoms with Gasteiger partial charge >= 0.3 is 19.8 Å². The summed E-state index contributed by atoms with van der Waals surface area (Å²) >= 11 is 1.07. The maximum absolute atomic E-state index is 12.6. The molecule has 28 heavy (non-hydrogen) atoms. The average molecular weight is 436 g/mol. The number of aromatic nitrogens is 1. The molecule has 1 aromatic rings. The largest absolute Gasteiger partial charge is 0.478 e. The van der Waals surface area contributed by atoms with Crippen molar-refractivity contribution in [2.24, 2.45) is 5.41 Å². The second kappa shape index (κ2) is 9.57. The van der Waals surface area contributed by atoms with Gasteiger partial charge < -0.3 is 14.8 Å². The molecule has 0 aliphatic carbocycles. The molecular formula is C15H21N2O9PS. The van der Waals surface area contributed by atoms with Crippen LogP contribution >= 0.6 is 19.2 Å². The number of nitrogens with one attached hydrogen (secondary N) is 1. The smallest absolute Gasteiger partial charge is 0.469 e. The third-order valence-corrected chi connectivity index (χ3v) is 5.76. The van der Waals surface area contributed by atoms with Crippen molar-refractivity contribution in [3.05, 3.63) is 16.6 Å². The Bertz CT molecular complexity index is 753. The van der Waals surface area contributed by atoms with Crippen molar-refractivity contribution in [1.82, 2.24) is 10.3 Å². The van der Waals surface area contributed by atoms with Crippen LogP contribution < -0.4 is 5.32 Å². The Morgan fingerprint density at radius 2 is 2.18 bits per heavy atom. The van der Waals surface area contributed by atoms with E-state index >= 15 is 0 Å². The number of amides is 1. The standard InChI is InChI=1S/C15H21N2O9PS/c1-15(2)7-24-27(21,25-9-23-14(20)10-6-16-8-28-10)26-12(15)13(19)17-5-4-11(18)22-3/h6,8,12H,4-5,7,9H2,1-3H3,(H,17,19)/t12-,27+/m0/s1. The summed E-state index contributed by atoms with van der Waals surface area (Å²) in [6, 6.07) is 0. The van der Waals surface area contributed by atoms with Gasteiger partial charge in [-0.25, -0.2) is 13.9 Å². The number of hydrogen-bond acceptors (Lipinski definition) is 11. The molecule has 0 saturated carbocycles. The minimum atomic E-state index is -4.14. The van der Waals surface area contributed by atoms with Crippen LogP contribution in [0.2, 0.25) is 0 Å². The van der Waals surface area contributed by atoms with E-state index in [1.54, 1.807) is 13.8 Å². The van der Waals surface area contributed by atoms with Gasteiger partial charge in [0.2, 0.25) is 12.7 Å². The fourth-order valence-corrected chi connectivity index (χ4v) is 4.13. The summed E-state index contributed by atoms with van der Waals surface area (Å²) in [7, 11) is -2.89. The zero-order valence-corrected chi connectivity index (χ0v) is 17.2. The third-order valence-electron chi connectivity index (χ3n) is 3.67. The van der Waals surface area contributed by atoms with E-state index in [0.717, 1.165) is 11.3 Å². The molecule has 1 amide bonds. The van der Waals surface area contributed by atoms with Crippen LogP contribution in [0.3, 0.4) is 0 Å². The highest BCUT2D eigenvalue weighted by Crippen LogP contribution is 2.57. The fourth-order valence-electron chi connectivity index (χ4n) is 2.11. The molecule has 1 aromatic heterocycles. The van der Waals surface area contributed by atoms with Gasteiger partial charge in [-0.3, -0.25) is 23.6 Å². The molecule has 1 fully saturated rings. The quantitative estimate of drug-likeness (QED) is 0.362. The number of rotatable bonds is 8. The highest BCUT2D eigenvalue weighted by Gasteiger charge is 2.49. The molecule has 1 N–H and O–H groups in total. The lowest BCUT2D eigenvalue weighted by Gasteiger charge is -2.39. The van der Waals surface area contributed by atoms with Crippen LogP contribution in [0.5, 0.6) is 0 Å². The second-order valence-electron chi connectivity index (χ2n) is 6.36. The van der Waals surface area contributed by atoms with E-state index in [2.05, 4.69) is 15.0 Å². The van der Waals surface area contributed by atoms with E-state index < -0.39 is 44.0 Å². The predicted molar refractivity (Wildman–Crippen MR) is 95.3 cm³/mol. The highest BCUT2D eigenvalue weighted by atomic mass is 32.1. The van der Waals surface area contributed by atoms with Crippen LogP contribution in [0, 0.1) is 5.41 Å². The first kappa shape index (κ1) is 22.4. The number of hydrogen-bond donors (Lipinski definition) is 1. The number of methoxy groups -OCH3 is 1. The van der Waals surface area contributed by atoms with Crippen molar-refractivity contribution in [2.45, 2.75) is 26.4 Å². The van der Waals surface area contributed by atoms with Crippen molar-refractivity contribution < 1.29 is 42.0 Å². The maximum Gasteiger partial charge on any atom is 0.478 e. The Hall–Kier alpha value is -1.85. The molecule has 1 saturated heterocycles. The summed E-state index contributed by atoms with van der Waals surface area (Å²) < 4.78 is 37.3. The molecule has 0 bridgehead atoms. The Kier molecular flexibility index (Phi) is 7.67. The Morgan fingerprint density at radius 3 is 2.82 bits per heavy atom. The van der Waals surface area contributed by atoms with Gasteiger partial charge in [0.15, 0.2) is 6.10 Å². The van der Waals surface area contributed by atoms with Crippen molar-refractivity contribution in [3.63, 3.8) is 0 Å². The Balaban J connectivity index is 1.89. The summed E-state index contributed by atoms with van der Waals surface area (Å²) in [6.07, 6.45) is 0.134. The number of phosphoric ester groups is 1. The molecule has 0 aromatic carbocycles. The van der Waals surface area contributed by atoms with E-state index in [1.807, 2.05) is 0 Å². The molecule has 156 valence electrons. The first-order chi connectivity index (χ1) is 13.2. The second-order valence-corrected chi connectivity index (χ2v) is 8.86. The van der Waals surface area contributed by atoms with Crippen LogP contribution in [-0.2, 0) is 37.2 Å². The number of carbonyl (C=O) groups is 3. The number of esters is 2. The van der Waals surface area contributed by atoms with E-state index in [0.29, 0.717) is 0 Å². The molecule has 2 atom stereocenters. The maximum atomic E-state index is 12.6. The van der Waals surface area contributed by atoms with Crippen molar-refractivity contribution in [1.29, 1.82) is 0 Å². The summed E-state index contributed by atoms with van der Waals surface area (Å²) in [5.41, 5.74) is 0.643. The van der Waals surface area contributed by atoms with Gasteiger partial charge in [-0.1, -0.05) is 13.8 Å². The first-order valence-corrected chi connectivity index (χ1v) is 10.5. The van der Waals surface area contributed by atoms with Gasteiger partial charge in [0.25, 0.3) is 0 Å². The van der Waals surface area contributed by atoms with E-state index in [4.69, 9.17) is 18.3 Å². The lowest BCUT2D eigenvalue weighted by atomic mass is 9.87. The molecule has 0 radical (unpaired) electrons. The molecule has 2 heterocycles. The summed E-state index contributed by atoms with van der Waals surface area (Å²) in [5.74, 6) is -1.77. The van der Waals surface area contributed by atoms with Crippen LogP contribution in [0.1, 0.15) is 29.9 Å². The van der Waals surface area contributed by atoms with Gasteiger partial charge in [0.1, 0.15) is 4.88 Å². The molecule has 1 aliphatic heterocycles. The molecule has 13 heteroatoms. The number of carbonyl (C=O) groups excluding carboxylic acids is 3. The minimum Gasteiger partial charge on any atom is -0.469 e. The average Bonchev–Trinajstić information content (AvgIpc) is 3.18. The topological polar surface area (TPSA) is 139 Å². The molecular weight excluding hydrogens is 415 g/mol. The molecule has 2 rings (SSSR count). The van der Waals surface area contributed by atoms with Crippen molar-refractivity contribution in [2.75, 3.05) is 27.1 Å². The lowest BCUT2D eigenvalue weighted by Crippen LogP contribution is -2.50. The van der Waals surface area contributed by atoms with Gasteiger partial charge in [-0.2, -0.15) is 0 Å². The fraction of sp³-hybridized carbons (Fsp3) is 0.600. The van der Waals surface area contributed by atoms with Gasteiger partial charge in [-0.05, 0) is 0 Å². The van der Waals surface area contributed by atoms with Gasteiger partial charge in [0.05, 0.1) is 31.8 Å². The SMILES string of the molecule is COC(=O)CCNC(=O)[C@@H]1O[P@@](=O)(OCOC(=O)c2cncs2)OCC1(C)C. The van der Waals surface area contributed by atoms with Crippen molar-refractivity contribution in [3.8, 4) is 0 Å². The summed E-state index contributed by atoms with van der Waals surface area (Å²) in [5, 5.41) is 2.52. The first-order valence-electron chi connectivity index (χ1n) is 8.14. The molecule has 0 unspecified atom stereocenters. The zero-order valence-electron chi connectivity index (χ0n) is 15.5. The van der Waals surface area contributed by atoms with E-state index in [-0.39, 0.29) is 24.4 Å². The highest BCUT2D eigenvalue weighted by molar-refractivity contribution is 7.48.